The summed E-state index contributed by atoms with van der Waals surface area (Å²) in [5.74, 6) is 0.244. The van der Waals surface area contributed by atoms with E-state index in [1.165, 1.54) is 6.07 Å². The number of nitrogens with two attached hydrogens (primary N) is 1. The lowest BCUT2D eigenvalue weighted by Gasteiger charge is -2.20. The Labute approximate surface area is 99.7 Å². The van der Waals surface area contributed by atoms with Crippen LogP contribution >= 0.6 is 0 Å². The average molecular weight is 231 g/mol. The van der Waals surface area contributed by atoms with Crippen molar-refractivity contribution < 1.29 is 4.39 Å². The zero-order valence-electron chi connectivity index (χ0n) is 9.60. The Morgan fingerprint density at radius 1 is 1.24 bits per heavy atom. The second-order valence-electron chi connectivity index (χ2n) is 3.86. The lowest BCUT2D eigenvalue weighted by molar-refractivity contribution is 0.608. The fourth-order valence-electron chi connectivity index (χ4n) is 1.70. The van der Waals surface area contributed by atoms with E-state index >= 15 is 0 Å². The molecule has 1 aromatic carbocycles. The molecule has 1 heterocycles. The number of rotatable bonds is 3. The highest BCUT2D eigenvalue weighted by atomic mass is 19.1. The summed E-state index contributed by atoms with van der Waals surface area (Å²) in [6.07, 6.45) is 1.63. The maximum Gasteiger partial charge on any atom is 0.146 e. The number of nitrogen functional groups attached to an aromatic ring is 1. The third kappa shape index (κ3) is 2.53. The predicted molar refractivity (Wildman–Crippen MR) is 67.2 cm³/mol. The lowest BCUT2D eigenvalue weighted by Crippen LogP contribution is -2.18. The van der Waals surface area contributed by atoms with Gasteiger partial charge in [-0.15, -0.1) is 0 Å². The average Bonchev–Trinajstić information content (AvgIpc) is 2.32. The maximum absolute atomic E-state index is 13.5. The third-order valence-corrected chi connectivity index (χ3v) is 2.59. The molecule has 0 saturated carbocycles. The molecule has 0 aliphatic rings. The summed E-state index contributed by atoms with van der Waals surface area (Å²) < 4.78 is 13.5. The Morgan fingerprint density at radius 3 is 2.71 bits per heavy atom. The molecule has 3 nitrogen and oxygen atoms in total. The number of aromatic nitrogens is 1. The molecule has 2 rings (SSSR count). The first-order chi connectivity index (χ1) is 8.18. The van der Waals surface area contributed by atoms with Crippen molar-refractivity contribution >= 4 is 11.5 Å². The fourth-order valence-corrected chi connectivity index (χ4v) is 1.70. The molecular formula is C13H14FN3. The van der Waals surface area contributed by atoms with Gasteiger partial charge in [-0.1, -0.05) is 18.2 Å². The van der Waals surface area contributed by atoms with E-state index in [1.807, 2.05) is 30.1 Å². The Bertz CT molecular complexity index is 514. The SMILES string of the molecule is CN(Cc1ccccc1F)c1cccnc1N. The number of nitrogens with zero attached hydrogens (tertiary/aromatic N) is 2. The standard InChI is InChI=1S/C13H14FN3/c1-17(12-7-4-8-16-13(12)15)9-10-5-2-3-6-11(10)14/h2-8H,9H2,1H3,(H2,15,16). The van der Waals surface area contributed by atoms with Crippen LogP contribution in [0.5, 0.6) is 0 Å². The molecule has 0 bridgehead atoms. The molecule has 0 unspecified atom stereocenters. The molecule has 0 spiro atoms. The summed E-state index contributed by atoms with van der Waals surface area (Å²) in [6, 6.07) is 10.4. The van der Waals surface area contributed by atoms with Gasteiger partial charge in [0.2, 0.25) is 0 Å². The summed E-state index contributed by atoms with van der Waals surface area (Å²) in [6.45, 7) is 0.461. The number of halogens is 1. The Kier molecular flexibility index (Phi) is 3.23. The molecule has 0 saturated heterocycles. The van der Waals surface area contributed by atoms with E-state index < -0.39 is 0 Å². The van der Waals surface area contributed by atoms with Crippen molar-refractivity contribution in [1.29, 1.82) is 0 Å². The van der Waals surface area contributed by atoms with Gasteiger partial charge in [0.25, 0.3) is 0 Å². The fraction of sp³-hybridized carbons (Fsp3) is 0.154. The van der Waals surface area contributed by atoms with Crippen LogP contribution in [0.15, 0.2) is 42.6 Å². The first-order valence-corrected chi connectivity index (χ1v) is 5.33. The van der Waals surface area contributed by atoms with E-state index in [1.54, 1.807) is 18.3 Å². The van der Waals surface area contributed by atoms with Gasteiger partial charge in [0.1, 0.15) is 11.6 Å². The van der Waals surface area contributed by atoms with E-state index in [-0.39, 0.29) is 5.82 Å². The predicted octanol–water partition coefficient (Wildman–Crippen LogP) is 2.44. The van der Waals surface area contributed by atoms with Gasteiger partial charge in [-0.2, -0.15) is 0 Å². The van der Waals surface area contributed by atoms with Gasteiger partial charge in [-0.05, 0) is 18.2 Å². The van der Waals surface area contributed by atoms with E-state index in [2.05, 4.69) is 4.98 Å². The van der Waals surface area contributed by atoms with Crippen LogP contribution in [0.2, 0.25) is 0 Å². The van der Waals surface area contributed by atoms with Gasteiger partial charge in [0.15, 0.2) is 0 Å². The summed E-state index contributed by atoms with van der Waals surface area (Å²) in [7, 11) is 1.86. The molecule has 0 atom stereocenters. The van der Waals surface area contributed by atoms with E-state index in [0.29, 0.717) is 17.9 Å². The van der Waals surface area contributed by atoms with Crippen LogP contribution < -0.4 is 10.6 Å². The van der Waals surface area contributed by atoms with Crippen LogP contribution in [-0.2, 0) is 6.54 Å². The van der Waals surface area contributed by atoms with Crippen molar-refractivity contribution in [3.05, 3.63) is 54.0 Å². The van der Waals surface area contributed by atoms with Crippen LogP contribution in [0.4, 0.5) is 15.9 Å². The van der Waals surface area contributed by atoms with Crippen molar-refractivity contribution in [3.63, 3.8) is 0 Å². The molecule has 2 N–H and O–H groups in total. The van der Waals surface area contributed by atoms with Gasteiger partial charge >= 0.3 is 0 Å². The largest absolute Gasteiger partial charge is 0.382 e. The summed E-state index contributed by atoms with van der Waals surface area (Å²) >= 11 is 0. The van der Waals surface area contributed by atoms with Crippen molar-refractivity contribution in [2.24, 2.45) is 0 Å². The van der Waals surface area contributed by atoms with Crippen LogP contribution in [0.1, 0.15) is 5.56 Å². The van der Waals surface area contributed by atoms with Crippen molar-refractivity contribution in [2.75, 3.05) is 17.7 Å². The topological polar surface area (TPSA) is 42.2 Å². The summed E-state index contributed by atoms with van der Waals surface area (Å²) in [4.78, 5) is 5.88. The van der Waals surface area contributed by atoms with Crippen LogP contribution in [0.3, 0.4) is 0 Å². The quantitative estimate of drug-likeness (QED) is 0.882. The van der Waals surface area contributed by atoms with Gasteiger partial charge in [-0.25, -0.2) is 9.37 Å². The zero-order chi connectivity index (χ0) is 12.3. The second kappa shape index (κ2) is 4.82. The number of benzene rings is 1. The van der Waals surface area contributed by atoms with Crippen molar-refractivity contribution in [3.8, 4) is 0 Å². The highest BCUT2D eigenvalue weighted by Gasteiger charge is 2.08. The molecule has 0 radical (unpaired) electrons. The Balaban J connectivity index is 2.20. The highest BCUT2D eigenvalue weighted by Crippen LogP contribution is 2.21. The number of hydrogen-bond donors (Lipinski definition) is 1. The van der Waals surface area contributed by atoms with Gasteiger partial charge in [0, 0.05) is 25.4 Å². The molecular weight excluding hydrogens is 217 g/mol. The van der Waals surface area contributed by atoms with Crippen molar-refractivity contribution in [1.82, 2.24) is 4.98 Å². The zero-order valence-corrected chi connectivity index (χ0v) is 9.60. The minimum absolute atomic E-state index is 0.207. The maximum atomic E-state index is 13.5. The minimum atomic E-state index is -0.207. The Hall–Kier alpha value is -2.10. The minimum Gasteiger partial charge on any atom is -0.382 e. The van der Waals surface area contributed by atoms with Crippen LogP contribution in [-0.4, -0.2) is 12.0 Å². The molecule has 0 aliphatic carbocycles. The van der Waals surface area contributed by atoms with Crippen molar-refractivity contribution in [2.45, 2.75) is 6.54 Å². The molecule has 0 fully saturated rings. The lowest BCUT2D eigenvalue weighted by atomic mass is 10.2. The molecule has 0 aliphatic heterocycles. The molecule has 2 aromatic rings. The normalized spacial score (nSPS) is 10.2. The second-order valence-corrected chi connectivity index (χ2v) is 3.86. The van der Waals surface area contributed by atoms with E-state index in [4.69, 9.17) is 5.73 Å². The number of hydrogen-bond acceptors (Lipinski definition) is 3. The molecule has 0 amide bonds. The highest BCUT2D eigenvalue weighted by molar-refractivity contribution is 5.62. The Morgan fingerprint density at radius 2 is 2.00 bits per heavy atom. The third-order valence-electron chi connectivity index (χ3n) is 2.59. The van der Waals surface area contributed by atoms with Gasteiger partial charge < -0.3 is 10.6 Å². The first kappa shape index (κ1) is 11.4. The van der Waals surface area contributed by atoms with Crippen LogP contribution in [0.25, 0.3) is 0 Å². The molecule has 17 heavy (non-hydrogen) atoms. The number of anilines is 2. The smallest absolute Gasteiger partial charge is 0.146 e. The number of pyridine rings is 1. The van der Waals surface area contributed by atoms with E-state index in [9.17, 15) is 4.39 Å². The summed E-state index contributed by atoms with van der Waals surface area (Å²) in [5, 5.41) is 0. The van der Waals surface area contributed by atoms with Gasteiger partial charge in [-0.3, -0.25) is 0 Å². The monoisotopic (exact) mass is 231 g/mol. The first-order valence-electron chi connectivity index (χ1n) is 5.33. The van der Waals surface area contributed by atoms with Crippen LogP contribution in [0, 0.1) is 5.82 Å². The summed E-state index contributed by atoms with van der Waals surface area (Å²) in [5.41, 5.74) is 7.21. The van der Waals surface area contributed by atoms with Gasteiger partial charge in [0.05, 0.1) is 5.69 Å². The molecule has 88 valence electrons. The molecule has 1 aromatic heterocycles. The van der Waals surface area contributed by atoms with E-state index in [0.717, 1.165) is 5.69 Å². The molecule has 4 heteroatoms.